The van der Waals surface area contributed by atoms with Gasteiger partial charge in [-0.25, -0.2) is 4.39 Å². The molecule has 6 rings (SSSR count). The van der Waals surface area contributed by atoms with Crippen molar-refractivity contribution in [1.82, 2.24) is 24.4 Å². The normalized spacial score (nSPS) is 16.1. The van der Waals surface area contributed by atoms with Crippen LogP contribution in [0.1, 0.15) is 22.0 Å². The molecule has 3 aromatic heterocycles. The zero-order valence-electron chi connectivity index (χ0n) is 18.9. The van der Waals surface area contributed by atoms with Crippen molar-refractivity contribution < 1.29 is 13.9 Å². The lowest BCUT2D eigenvalue weighted by Gasteiger charge is -2.39. The van der Waals surface area contributed by atoms with Crippen LogP contribution in [0.2, 0.25) is 0 Å². The summed E-state index contributed by atoms with van der Waals surface area (Å²) in [5, 5.41) is 15.6. The Bertz CT molecular complexity index is 1410. The maximum atomic E-state index is 13.7. The zero-order chi connectivity index (χ0) is 23.8. The van der Waals surface area contributed by atoms with Crippen LogP contribution >= 0.6 is 11.3 Å². The van der Waals surface area contributed by atoms with E-state index >= 15 is 0 Å². The van der Waals surface area contributed by atoms with E-state index in [9.17, 15) is 9.50 Å². The Kier molecular flexibility index (Phi) is 5.81. The molecule has 7 nitrogen and oxygen atoms in total. The highest BCUT2D eigenvalue weighted by molar-refractivity contribution is 7.17. The highest BCUT2D eigenvalue weighted by atomic mass is 32.1. The van der Waals surface area contributed by atoms with Crippen molar-refractivity contribution in [2.45, 2.75) is 12.6 Å². The minimum absolute atomic E-state index is 0.0522. The summed E-state index contributed by atoms with van der Waals surface area (Å²) >= 11 is 1.39. The summed E-state index contributed by atoms with van der Waals surface area (Å²) in [4.78, 5) is 10.7. The quantitative estimate of drug-likeness (QED) is 0.369. The molecule has 0 saturated carbocycles. The maximum absolute atomic E-state index is 13.7. The first-order chi connectivity index (χ1) is 17.2. The predicted octanol–water partition coefficient (Wildman–Crippen LogP) is 4.80. The molecule has 0 radical (unpaired) electrons. The van der Waals surface area contributed by atoms with E-state index in [-0.39, 0.29) is 17.7 Å². The van der Waals surface area contributed by atoms with Crippen molar-refractivity contribution in [2.24, 2.45) is 0 Å². The van der Waals surface area contributed by atoms with Crippen LogP contribution in [0, 0.1) is 5.82 Å². The first kappa shape index (κ1) is 22.0. The second-order valence-electron chi connectivity index (χ2n) is 8.65. The van der Waals surface area contributed by atoms with Crippen molar-refractivity contribution in [3.63, 3.8) is 0 Å². The lowest BCUT2D eigenvalue weighted by atomic mass is 10.0. The summed E-state index contributed by atoms with van der Waals surface area (Å²) in [7, 11) is 0. The van der Waals surface area contributed by atoms with Gasteiger partial charge < -0.3 is 9.52 Å². The molecule has 5 aromatic rings. The molecule has 0 amide bonds. The fourth-order valence-corrected chi connectivity index (χ4v) is 5.75. The Balaban J connectivity index is 1.29. The van der Waals surface area contributed by atoms with Crippen molar-refractivity contribution in [3.05, 3.63) is 94.8 Å². The maximum Gasteiger partial charge on any atom is 0.230 e. The molecular formula is C26H24FN5O2S. The molecule has 1 fully saturated rings. The summed E-state index contributed by atoms with van der Waals surface area (Å²) < 4.78 is 20.6. The predicted molar refractivity (Wildman–Crippen MR) is 132 cm³/mol. The molecule has 1 aliphatic rings. The van der Waals surface area contributed by atoms with E-state index < -0.39 is 0 Å². The molecule has 0 unspecified atom stereocenters. The summed E-state index contributed by atoms with van der Waals surface area (Å²) in [6.45, 7) is 4.35. The summed E-state index contributed by atoms with van der Waals surface area (Å²) in [6, 6.07) is 20.3. The van der Waals surface area contributed by atoms with E-state index in [0.29, 0.717) is 16.5 Å². The SMILES string of the molecule is Oc1c([C@@H](c2ccc(F)cc2)N2CCN(Cc3ccccc3)CC2)sc2nc(-c3ccco3)nn12. The molecule has 4 heterocycles. The van der Waals surface area contributed by atoms with Gasteiger partial charge in [-0.2, -0.15) is 9.50 Å². The van der Waals surface area contributed by atoms with Gasteiger partial charge in [-0.15, -0.1) is 5.10 Å². The molecule has 35 heavy (non-hydrogen) atoms. The van der Waals surface area contributed by atoms with Gasteiger partial charge in [0.1, 0.15) is 5.82 Å². The number of benzene rings is 2. The van der Waals surface area contributed by atoms with Crippen LogP contribution in [0.3, 0.4) is 0 Å². The lowest BCUT2D eigenvalue weighted by Crippen LogP contribution is -2.47. The summed E-state index contributed by atoms with van der Waals surface area (Å²) in [5.41, 5.74) is 2.22. The van der Waals surface area contributed by atoms with Gasteiger partial charge in [0.05, 0.1) is 17.2 Å². The monoisotopic (exact) mass is 489 g/mol. The van der Waals surface area contributed by atoms with Crippen LogP contribution in [-0.2, 0) is 6.54 Å². The topological polar surface area (TPSA) is 70.0 Å². The highest BCUT2D eigenvalue weighted by Gasteiger charge is 2.32. The molecular weight excluding hydrogens is 465 g/mol. The number of piperazine rings is 1. The average molecular weight is 490 g/mol. The summed E-state index contributed by atoms with van der Waals surface area (Å²) in [5.74, 6) is 0.744. The van der Waals surface area contributed by atoms with Crippen LogP contribution in [0.15, 0.2) is 77.4 Å². The number of nitrogens with zero attached hydrogens (tertiary/aromatic N) is 5. The smallest absolute Gasteiger partial charge is 0.230 e. The standard InChI is InChI=1S/C26H24FN5O2S/c27-20-10-8-19(9-11-20)22(31-14-12-30(13-15-31)17-18-5-2-1-3-6-18)23-25(33)32-26(35-23)28-24(29-32)21-7-4-16-34-21/h1-11,16,22,33H,12-15,17H2/t22-/m1/s1. The highest BCUT2D eigenvalue weighted by Crippen LogP contribution is 2.41. The van der Waals surface area contributed by atoms with Crippen LogP contribution in [0.4, 0.5) is 4.39 Å². The van der Waals surface area contributed by atoms with E-state index in [2.05, 4.69) is 44.1 Å². The third-order valence-electron chi connectivity index (χ3n) is 6.40. The Labute approximate surface area is 205 Å². The van der Waals surface area contributed by atoms with Gasteiger partial charge in [0.15, 0.2) is 5.76 Å². The first-order valence-electron chi connectivity index (χ1n) is 11.5. The van der Waals surface area contributed by atoms with Crippen molar-refractivity contribution in [3.8, 4) is 17.5 Å². The summed E-state index contributed by atoms with van der Waals surface area (Å²) in [6.07, 6.45) is 1.57. The fourth-order valence-electron chi connectivity index (χ4n) is 4.63. The van der Waals surface area contributed by atoms with Crippen molar-refractivity contribution >= 4 is 16.3 Å². The molecule has 2 aromatic carbocycles. The van der Waals surface area contributed by atoms with E-state index in [1.807, 2.05) is 6.07 Å². The van der Waals surface area contributed by atoms with Gasteiger partial charge in [-0.1, -0.05) is 53.8 Å². The first-order valence-corrected chi connectivity index (χ1v) is 12.4. The second-order valence-corrected chi connectivity index (χ2v) is 9.66. The minimum atomic E-state index is -0.282. The third kappa shape index (κ3) is 4.34. The second kappa shape index (κ2) is 9.26. The number of aromatic nitrogens is 3. The number of hydrogen-bond donors (Lipinski definition) is 1. The van der Waals surface area contributed by atoms with Gasteiger partial charge in [0.2, 0.25) is 16.7 Å². The molecule has 1 saturated heterocycles. The van der Waals surface area contributed by atoms with Gasteiger partial charge >= 0.3 is 0 Å². The Morgan fingerprint density at radius 2 is 1.74 bits per heavy atom. The van der Waals surface area contributed by atoms with Crippen LogP contribution in [-0.4, -0.2) is 55.7 Å². The van der Waals surface area contributed by atoms with E-state index in [4.69, 9.17) is 4.42 Å². The molecule has 1 N–H and O–H groups in total. The molecule has 9 heteroatoms. The minimum Gasteiger partial charge on any atom is -0.492 e. The van der Waals surface area contributed by atoms with E-state index in [1.165, 1.54) is 33.5 Å². The number of furan rings is 1. The van der Waals surface area contributed by atoms with Gasteiger partial charge in [0, 0.05) is 32.7 Å². The van der Waals surface area contributed by atoms with Crippen LogP contribution in [0.5, 0.6) is 5.88 Å². The third-order valence-corrected chi connectivity index (χ3v) is 7.47. The number of halogens is 1. The number of rotatable bonds is 6. The Hall–Kier alpha value is -3.53. The Morgan fingerprint density at radius 1 is 0.971 bits per heavy atom. The van der Waals surface area contributed by atoms with Crippen LogP contribution < -0.4 is 0 Å². The lowest BCUT2D eigenvalue weighted by molar-refractivity contribution is 0.105. The molecule has 178 valence electrons. The Morgan fingerprint density at radius 3 is 2.43 bits per heavy atom. The van der Waals surface area contributed by atoms with E-state index in [1.54, 1.807) is 30.5 Å². The zero-order valence-corrected chi connectivity index (χ0v) is 19.7. The van der Waals surface area contributed by atoms with Gasteiger partial charge in [0.25, 0.3) is 0 Å². The van der Waals surface area contributed by atoms with E-state index in [0.717, 1.165) is 43.2 Å². The number of thiazole rings is 1. The van der Waals surface area contributed by atoms with Crippen LogP contribution in [0.25, 0.3) is 16.5 Å². The van der Waals surface area contributed by atoms with Crippen molar-refractivity contribution in [2.75, 3.05) is 26.2 Å². The number of aromatic hydroxyl groups is 1. The molecule has 0 aliphatic carbocycles. The van der Waals surface area contributed by atoms with Gasteiger partial charge in [-0.3, -0.25) is 9.80 Å². The average Bonchev–Trinajstić information content (AvgIpc) is 3.61. The molecule has 0 bridgehead atoms. The number of hydrogen-bond acceptors (Lipinski definition) is 7. The molecule has 0 spiro atoms. The fraction of sp³-hybridized carbons (Fsp3) is 0.231. The molecule has 1 atom stereocenters. The van der Waals surface area contributed by atoms with Gasteiger partial charge in [-0.05, 0) is 35.4 Å². The largest absolute Gasteiger partial charge is 0.492 e. The van der Waals surface area contributed by atoms with Crippen molar-refractivity contribution in [1.29, 1.82) is 0 Å². The number of fused-ring (bicyclic) bond motifs is 1. The molecule has 1 aliphatic heterocycles.